The van der Waals surface area contributed by atoms with Crippen LogP contribution >= 0.6 is 11.6 Å². The van der Waals surface area contributed by atoms with Crippen LogP contribution in [0.3, 0.4) is 0 Å². The Morgan fingerprint density at radius 3 is 2.77 bits per heavy atom. The number of rotatable bonds is 5. The Balaban J connectivity index is 2.17. The lowest BCUT2D eigenvalue weighted by molar-refractivity contribution is 0.0953. The lowest BCUT2D eigenvalue weighted by Crippen LogP contribution is -2.37. The zero-order valence-corrected chi connectivity index (χ0v) is 14.2. The Bertz CT molecular complexity index is 646. The third-order valence-electron chi connectivity index (χ3n) is 3.65. The van der Waals surface area contributed by atoms with Crippen LogP contribution in [-0.4, -0.2) is 33.2 Å². The van der Waals surface area contributed by atoms with Crippen molar-refractivity contribution in [2.75, 3.05) is 23.1 Å². The van der Waals surface area contributed by atoms with Crippen molar-refractivity contribution >= 4 is 33.2 Å². The molecule has 5 nitrogen and oxygen atoms in total. The van der Waals surface area contributed by atoms with Crippen molar-refractivity contribution in [3.05, 3.63) is 28.8 Å². The summed E-state index contributed by atoms with van der Waals surface area (Å²) in [6.07, 6.45) is 3.42. The highest BCUT2D eigenvalue weighted by Gasteiger charge is 2.26. The normalized spacial score (nSPS) is 17.3. The van der Waals surface area contributed by atoms with Crippen molar-refractivity contribution in [1.82, 2.24) is 5.32 Å². The van der Waals surface area contributed by atoms with Crippen LogP contribution < -0.4 is 9.62 Å². The van der Waals surface area contributed by atoms with Gasteiger partial charge in [0.05, 0.1) is 22.0 Å². The number of sulfonamides is 1. The molecule has 2 rings (SSSR count). The minimum atomic E-state index is -3.27. The van der Waals surface area contributed by atoms with Gasteiger partial charge in [0.25, 0.3) is 5.91 Å². The summed E-state index contributed by atoms with van der Waals surface area (Å²) in [5, 5.41) is 3.07. The van der Waals surface area contributed by atoms with Crippen LogP contribution in [0.5, 0.6) is 0 Å². The summed E-state index contributed by atoms with van der Waals surface area (Å²) in [6.45, 7) is 3.11. The van der Waals surface area contributed by atoms with E-state index in [1.54, 1.807) is 18.2 Å². The number of nitrogens with zero attached hydrogens (tertiary/aromatic N) is 1. The highest BCUT2D eigenvalue weighted by molar-refractivity contribution is 7.92. The van der Waals surface area contributed by atoms with Crippen molar-refractivity contribution in [1.29, 1.82) is 0 Å². The molecule has 0 spiro atoms. The molecule has 1 amide bonds. The summed E-state index contributed by atoms with van der Waals surface area (Å²) in [7, 11) is -3.27. The second-order valence-corrected chi connectivity index (χ2v) is 7.79. The molecule has 1 aliphatic heterocycles. The van der Waals surface area contributed by atoms with Crippen LogP contribution in [0.15, 0.2) is 18.2 Å². The molecule has 1 aromatic carbocycles. The number of benzene rings is 1. The van der Waals surface area contributed by atoms with Gasteiger partial charge >= 0.3 is 0 Å². The van der Waals surface area contributed by atoms with Crippen LogP contribution in [0.2, 0.25) is 5.02 Å². The molecule has 1 N–H and O–H groups in total. The molecule has 0 unspecified atom stereocenters. The molecule has 0 aliphatic carbocycles. The number of carbonyl (C=O) groups is 1. The Morgan fingerprint density at radius 2 is 2.14 bits per heavy atom. The summed E-state index contributed by atoms with van der Waals surface area (Å²) in [6, 6.07) is 4.78. The number of nitrogens with one attached hydrogen (secondary N) is 1. The Morgan fingerprint density at radius 1 is 1.36 bits per heavy atom. The summed E-state index contributed by atoms with van der Waals surface area (Å²) in [4.78, 5) is 12.0. The van der Waals surface area contributed by atoms with E-state index < -0.39 is 10.0 Å². The molecule has 1 heterocycles. The van der Waals surface area contributed by atoms with Crippen LogP contribution in [0, 0.1) is 0 Å². The van der Waals surface area contributed by atoms with Crippen LogP contribution in [-0.2, 0) is 10.0 Å². The molecule has 0 aromatic heterocycles. The van der Waals surface area contributed by atoms with Gasteiger partial charge in [-0.1, -0.05) is 24.9 Å². The monoisotopic (exact) mass is 344 g/mol. The van der Waals surface area contributed by atoms with E-state index in [1.807, 2.05) is 6.92 Å². The smallest absolute Gasteiger partial charge is 0.252 e. The molecule has 1 aromatic rings. The van der Waals surface area contributed by atoms with Crippen molar-refractivity contribution in [3.8, 4) is 0 Å². The van der Waals surface area contributed by atoms with E-state index in [9.17, 15) is 13.2 Å². The van der Waals surface area contributed by atoms with Crippen LogP contribution in [0.1, 0.15) is 43.0 Å². The first kappa shape index (κ1) is 17.1. The van der Waals surface area contributed by atoms with Crippen molar-refractivity contribution < 1.29 is 13.2 Å². The molecule has 1 aliphatic rings. The van der Waals surface area contributed by atoms with Crippen molar-refractivity contribution in [2.45, 2.75) is 32.6 Å². The molecular formula is C15H21ClN2O3S. The molecule has 1 saturated heterocycles. The predicted octanol–water partition coefficient (Wildman–Crippen LogP) is 2.80. The van der Waals surface area contributed by atoms with E-state index >= 15 is 0 Å². The molecule has 0 bridgehead atoms. The quantitative estimate of drug-likeness (QED) is 0.835. The van der Waals surface area contributed by atoms with Crippen LogP contribution in [0.25, 0.3) is 0 Å². The number of carbonyl (C=O) groups excluding carboxylic acids is 1. The lowest BCUT2D eigenvalue weighted by atomic mass is 10.2. The van der Waals surface area contributed by atoms with Gasteiger partial charge in [-0.15, -0.1) is 0 Å². The number of anilines is 1. The summed E-state index contributed by atoms with van der Waals surface area (Å²) < 4.78 is 25.6. The van der Waals surface area contributed by atoms with Gasteiger partial charge in [-0.25, -0.2) is 8.42 Å². The highest BCUT2D eigenvalue weighted by Crippen LogP contribution is 2.28. The zero-order chi connectivity index (χ0) is 16.2. The molecule has 0 atom stereocenters. The first-order valence-corrected chi connectivity index (χ1v) is 9.52. The molecule has 22 heavy (non-hydrogen) atoms. The van der Waals surface area contributed by atoms with E-state index in [0.717, 1.165) is 19.3 Å². The predicted molar refractivity (Wildman–Crippen MR) is 89.1 cm³/mol. The van der Waals surface area contributed by atoms with E-state index in [4.69, 9.17) is 11.6 Å². The van der Waals surface area contributed by atoms with E-state index in [-0.39, 0.29) is 16.7 Å². The van der Waals surface area contributed by atoms with Gasteiger partial charge in [-0.05, 0) is 37.5 Å². The Kier molecular flexibility index (Phi) is 5.69. The van der Waals surface area contributed by atoms with Gasteiger partial charge in [0.2, 0.25) is 10.0 Å². The first-order chi connectivity index (χ1) is 10.5. The van der Waals surface area contributed by atoms with E-state index in [2.05, 4.69) is 5.32 Å². The molecule has 1 fully saturated rings. The lowest BCUT2D eigenvalue weighted by Gasteiger charge is -2.28. The fraction of sp³-hybridized carbons (Fsp3) is 0.533. The number of amides is 1. The van der Waals surface area contributed by atoms with Gasteiger partial charge in [0.1, 0.15) is 0 Å². The number of hydrogen-bond acceptors (Lipinski definition) is 3. The third kappa shape index (κ3) is 3.93. The van der Waals surface area contributed by atoms with Gasteiger partial charge in [-0.3, -0.25) is 9.10 Å². The number of hydrogen-bond donors (Lipinski definition) is 1. The third-order valence-corrected chi connectivity index (χ3v) is 5.83. The minimum Gasteiger partial charge on any atom is -0.352 e. The Hall–Kier alpha value is -1.27. The van der Waals surface area contributed by atoms with Gasteiger partial charge < -0.3 is 5.32 Å². The van der Waals surface area contributed by atoms with E-state index in [0.29, 0.717) is 30.8 Å². The fourth-order valence-electron chi connectivity index (χ4n) is 2.40. The van der Waals surface area contributed by atoms with E-state index in [1.165, 1.54) is 4.31 Å². The average Bonchev–Trinajstić information content (AvgIpc) is 2.46. The zero-order valence-electron chi connectivity index (χ0n) is 12.6. The first-order valence-electron chi connectivity index (χ1n) is 7.54. The topological polar surface area (TPSA) is 66.5 Å². The largest absolute Gasteiger partial charge is 0.352 e. The summed E-state index contributed by atoms with van der Waals surface area (Å²) >= 11 is 6.17. The minimum absolute atomic E-state index is 0.157. The Labute approximate surface area is 136 Å². The fourth-order valence-corrected chi connectivity index (χ4v) is 4.29. The maximum absolute atomic E-state index is 12.1. The van der Waals surface area contributed by atoms with Crippen LogP contribution in [0.4, 0.5) is 5.69 Å². The summed E-state index contributed by atoms with van der Waals surface area (Å²) in [5.74, 6) is -0.0735. The van der Waals surface area contributed by atoms with Crippen molar-refractivity contribution in [3.63, 3.8) is 0 Å². The van der Waals surface area contributed by atoms with Crippen molar-refractivity contribution in [2.24, 2.45) is 0 Å². The van der Waals surface area contributed by atoms with Gasteiger partial charge in [0.15, 0.2) is 0 Å². The maximum atomic E-state index is 12.1. The number of unbranched alkanes of at least 4 members (excludes halogenated alkanes) is 1. The molecule has 7 heteroatoms. The SMILES string of the molecule is CCCCNC(=O)c1ccc(N2CCCCS2(=O)=O)cc1Cl. The summed E-state index contributed by atoms with van der Waals surface area (Å²) in [5.41, 5.74) is 0.894. The molecule has 122 valence electrons. The maximum Gasteiger partial charge on any atom is 0.252 e. The molecular weight excluding hydrogens is 324 g/mol. The number of halogens is 1. The molecule has 0 radical (unpaired) electrons. The second kappa shape index (κ2) is 7.33. The molecule has 0 saturated carbocycles. The van der Waals surface area contributed by atoms with Gasteiger partial charge in [0, 0.05) is 13.1 Å². The average molecular weight is 345 g/mol. The highest BCUT2D eigenvalue weighted by atomic mass is 35.5. The second-order valence-electron chi connectivity index (χ2n) is 5.37. The van der Waals surface area contributed by atoms with Gasteiger partial charge in [-0.2, -0.15) is 0 Å². The standard InChI is InChI=1S/C15H21ClN2O3S/c1-2-3-8-17-15(19)13-7-6-12(11-14(13)16)18-9-4-5-10-22(18,20)21/h6-7,11H,2-5,8-10H2,1H3,(H,17,19).